The molecule has 2 aromatic carbocycles. The first-order chi connectivity index (χ1) is 15.0. The fourth-order valence-corrected chi connectivity index (χ4v) is 3.96. The van der Waals surface area contributed by atoms with Crippen molar-refractivity contribution in [1.29, 1.82) is 0 Å². The summed E-state index contributed by atoms with van der Waals surface area (Å²) in [5.41, 5.74) is 1.57. The summed E-state index contributed by atoms with van der Waals surface area (Å²) in [7, 11) is 0. The Morgan fingerprint density at radius 1 is 1.23 bits per heavy atom. The van der Waals surface area contributed by atoms with E-state index < -0.39 is 5.82 Å². The summed E-state index contributed by atoms with van der Waals surface area (Å²) in [6.45, 7) is 4.06. The average molecular weight is 444 g/mol. The molecule has 0 radical (unpaired) electrons. The molecule has 0 saturated heterocycles. The largest absolute Gasteiger partial charge is 0.511 e. The second kappa shape index (κ2) is 10.5. The second-order valence-electron chi connectivity index (χ2n) is 7.13. The van der Waals surface area contributed by atoms with Gasteiger partial charge in [0, 0.05) is 17.7 Å². The molecule has 31 heavy (non-hydrogen) atoms. The molecule has 1 N–H and O–H groups in total. The lowest BCUT2D eigenvalue weighted by Gasteiger charge is -2.24. The standard InChI is InChI=1S/C24H26FNO4S/c1-4-20(26-29-5-2)24-21(27)12-16(13-22(24)28)15-7-6-8-17(11-15)30-23-10-9-18(31-3)14-19(23)25/h6-11,14,16,27H,4-5,12-13H2,1-3H3. The van der Waals surface area contributed by atoms with Crippen LogP contribution >= 0.6 is 11.8 Å². The topological polar surface area (TPSA) is 68.1 Å². The van der Waals surface area contributed by atoms with Crippen LogP contribution in [0, 0.1) is 5.82 Å². The Balaban J connectivity index is 1.81. The number of ketones is 1. The summed E-state index contributed by atoms with van der Waals surface area (Å²) >= 11 is 1.46. The summed E-state index contributed by atoms with van der Waals surface area (Å²) in [5.74, 6) is -0.169. The van der Waals surface area contributed by atoms with Crippen molar-refractivity contribution in [3.05, 3.63) is 65.2 Å². The van der Waals surface area contributed by atoms with E-state index in [2.05, 4.69) is 5.16 Å². The highest BCUT2D eigenvalue weighted by molar-refractivity contribution is 7.98. The van der Waals surface area contributed by atoms with Crippen LogP contribution in [0.25, 0.3) is 0 Å². The van der Waals surface area contributed by atoms with Gasteiger partial charge in [-0.25, -0.2) is 4.39 Å². The number of thioether (sulfide) groups is 1. The maximum absolute atomic E-state index is 14.3. The van der Waals surface area contributed by atoms with Gasteiger partial charge in [0.25, 0.3) is 0 Å². The molecule has 1 aliphatic carbocycles. The van der Waals surface area contributed by atoms with Crippen molar-refractivity contribution in [2.45, 2.75) is 43.9 Å². The lowest BCUT2D eigenvalue weighted by Crippen LogP contribution is -2.23. The fraction of sp³-hybridized carbons (Fsp3) is 0.333. The Labute approximate surface area is 185 Å². The summed E-state index contributed by atoms with van der Waals surface area (Å²) in [6, 6.07) is 12.0. The van der Waals surface area contributed by atoms with Crippen molar-refractivity contribution in [3.8, 4) is 11.5 Å². The summed E-state index contributed by atoms with van der Waals surface area (Å²) in [6.07, 6.45) is 2.92. The third-order valence-corrected chi connectivity index (χ3v) is 5.79. The van der Waals surface area contributed by atoms with Gasteiger partial charge in [0.05, 0.1) is 11.3 Å². The van der Waals surface area contributed by atoms with Crippen LogP contribution < -0.4 is 4.74 Å². The number of carbonyl (C=O) groups is 1. The van der Waals surface area contributed by atoms with Gasteiger partial charge >= 0.3 is 0 Å². The quantitative estimate of drug-likeness (QED) is 0.290. The molecule has 0 saturated carbocycles. The minimum absolute atomic E-state index is 0.0200. The van der Waals surface area contributed by atoms with Crippen LogP contribution in [0.2, 0.25) is 0 Å². The Hall–Kier alpha value is -2.80. The van der Waals surface area contributed by atoms with Crippen LogP contribution in [0.3, 0.4) is 0 Å². The minimum atomic E-state index is -0.434. The third kappa shape index (κ3) is 5.47. The zero-order chi connectivity index (χ0) is 22.4. The van der Waals surface area contributed by atoms with Gasteiger partial charge in [0.1, 0.15) is 18.1 Å². The smallest absolute Gasteiger partial charge is 0.168 e. The first-order valence-corrected chi connectivity index (χ1v) is 11.4. The average Bonchev–Trinajstić information content (AvgIpc) is 2.77. The Morgan fingerprint density at radius 2 is 2.03 bits per heavy atom. The molecule has 3 rings (SSSR count). The molecule has 2 aromatic rings. The normalized spacial score (nSPS) is 17.1. The highest BCUT2D eigenvalue weighted by Crippen LogP contribution is 2.36. The molecule has 0 heterocycles. The highest BCUT2D eigenvalue weighted by atomic mass is 32.2. The molecule has 1 aliphatic rings. The number of carbonyl (C=O) groups excluding carboxylic acids is 1. The molecule has 0 aromatic heterocycles. The number of halogens is 1. The van der Waals surface area contributed by atoms with Gasteiger partial charge in [0.15, 0.2) is 17.3 Å². The number of Topliss-reactive ketones (excluding diaryl/α,β-unsaturated/α-hetero) is 1. The maximum Gasteiger partial charge on any atom is 0.168 e. The molecular weight excluding hydrogens is 417 g/mol. The van der Waals surface area contributed by atoms with E-state index in [0.717, 1.165) is 10.5 Å². The van der Waals surface area contributed by atoms with Gasteiger partial charge in [-0.05, 0) is 61.4 Å². The van der Waals surface area contributed by atoms with E-state index in [0.29, 0.717) is 30.9 Å². The predicted molar refractivity (Wildman–Crippen MR) is 121 cm³/mol. The Kier molecular flexibility index (Phi) is 7.74. The molecule has 0 spiro atoms. The van der Waals surface area contributed by atoms with Crippen LogP contribution in [-0.4, -0.2) is 29.5 Å². The lowest BCUT2D eigenvalue weighted by atomic mass is 9.81. The van der Waals surface area contributed by atoms with E-state index in [-0.39, 0.29) is 35.2 Å². The van der Waals surface area contributed by atoms with E-state index >= 15 is 0 Å². The van der Waals surface area contributed by atoms with Gasteiger partial charge in [-0.3, -0.25) is 4.79 Å². The number of aliphatic hydroxyl groups excluding tert-OH is 1. The number of oxime groups is 1. The number of benzene rings is 2. The van der Waals surface area contributed by atoms with Crippen molar-refractivity contribution in [2.24, 2.45) is 5.16 Å². The first kappa shape index (κ1) is 22.9. The fourth-order valence-electron chi connectivity index (χ4n) is 3.54. The SMILES string of the molecule is CCON=C(CC)C1=C(O)CC(c2cccc(Oc3ccc(SC)cc3F)c2)CC1=O. The van der Waals surface area contributed by atoms with Crippen molar-refractivity contribution < 1.29 is 23.9 Å². The molecule has 5 nitrogen and oxygen atoms in total. The highest BCUT2D eigenvalue weighted by Gasteiger charge is 2.31. The molecule has 0 aliphatic heterocycles. The van der Waals surface area contributed by atoms with Crippen LogP contribution in [0.5, 0.6) is 11.5 Å². The number of ether oxygens (including phenoxy) is 1. The molecule has 0 bridgehead atoms. The van der Waals surface area contributed by atoms with Gasteiger partial charge in [-0.2, -0.15) is 0 Å². The molecule has 1 unspecified atom stereocenters. The summed E-state index contributed by atoms with van der Waals surface area (Å²) in [4.78, 5) is 18.7. The minimum Gasteiger partial charge on any atom is -0.511 e. The number of rotatable bonds is 8. The molecule has 7 heteroatoms. The number of hydrogen-bond donors (Lipinski definition) is 1. The van der Waals surface area contributed by atoms with Gasteiger partial charge in [-0.15, -0.1) is 11.8 Å². The molecule has 1 atom stereocenters. The third-order valence-electron chi connectivity index (χ3n) is 5.06. The Morgan fingerprint density at radius 3 is 2.68 bits per heavy atom. The molecule has 164 valence electrons. The second-order valence-corrected chi connectivity index (χ2v) is 8.01. The zero-order valence-electron chi connectivity index (χ0n) is 17.9. The van der Waals surface area contributed by atoms with Gasteiger partial charge in [-0.1, -0.05) is 24.2 Å². The van der Waals surface area contributed by atoms with Gasteiger partial charge in [0.2, 0.25) is 0 Å². The van der Waals surface area contributed by atoms with E-state index in [1.807, 2.05) is 26.2 Å². The Bertz CT molecular complexity index is 1020. The van der Waals surface area contributed by atoms with E-state index in [1.165, 1.54) is 17.8 Å². The van der Waals surface area contributed by atoms with Gasteiger partial charge < -0.3 is 14.7 Å². The van der Waals surface area contributed by atoms with Crippen molar-refractivity contribution >= 4 is 23.3 Å². The lowest BCUT2D eigenvalue weighted by molar-refractivity contribution is -0.116. The zero-order valence-corrected chi connectivity index (χ0v) is 18.7. The monoisotopic (exact) mass is 443 g/mol. The maximum atomic E-state index is 14.3. The van der Waals surface area contributed by atoms with E-state index in [9.17, 15) is 14.3 Å². The van der Waals surface area contributed by atoms with Crippen molar-refractivity contribution in [3.63, 3.8) is 0 Å². The summed E-state index contributed by atoms with van der Waals surface area (Å²) < 4.78 is 20.0. The number of nitrogens with zero attached hydrogens (tertiary/aromatic N) is 1. The molecule has 0 fully saturated rings. The molecular formula is C24H26FNO4S. The first-order valence-electron chi connectivity index (χ1n) is 10.2. The van der Waals surface area contributed by atoms with Crippen LogP contribution in [0.1, 0.15) is 44.6 Å². The summed E-state index contributed by atoms with van der Waals surface area (Å²) in [5, 5.41) is 14.6. The van der Waals surface area contributed by atoms with Crippen LogP contribution in [-0.2, 0) is 9.63 Å². The van der Waals surface area contributed by atoms with E-state index in [4.69, 9.17) is 9.57 Å². The van der Waals surface area contributed by atoms with Crippen molar-refractivity contribution in [2.75, 3.05) is 12.9 Å². The van der Waals surface area contributed by atoms with E-state index in [1.54, 1.807) is 30.3 Å². The predicted octanol–water partition coefficient (Wildman–Crippen LogP) is 6.40. The van der Waals surface area contributed by atoms with Crippen LogP contribution in [0.15, 0.2) is 63.8 Å². The number of aliphatic hydroxyl groups is 1. The number of allylic oxidation sites excluding steroid dienone is 2. The number of hydrogen-bond acceptors (Lipinski definition) is 6. The van der Waals surface area contributed by atoms with Crippen LogP contribution in [0.4, 0.5) is 4.39 Å². The van der Waals surface area contributed by atoms with Crippen molar-refractivity contribution in [1.82, 2.24) is 0 Å². The molecule has 0 amide bonds.